The van der Waals surface area contributed by atoms with Crippen LogP contribution in [0, 0.1) is 0 Å². The highest BCUT2D eigenvalue weighted by Crippen LogP contribution is 2.25. The zero-order chi connectivity index (χ0) is 9.47. The van der Waals surface area contributed by atoms with Crippen molar-refractivity contribution in [2.24, 2.45) is 0 Å². The molecule has 1 aromatic heterocycles. The summed E-state index contributed by atoms with van der Waals surface area (Å²) in [6, 6.07) is 0. The predicted molar refractivity (Wildman–Crippen MR) is 49.0 cm³/mol. The first-order valence-electron chi connectivity index (χ1n) is 4.31. The van der Waals surface area contributed by atoms with Crippen molar-refractivity contribution in [3.05, 3.63) is 17.5 Å². The highest BCUT2D eigenvalue weighted by atomic mass is 16.5. The minimum Gasteiger partial charge on any atom is -0.370 e. The van der Waals surface area contributed by atoms with Gasteiger partial charge in [-0.15, -0.1) is 0 Å². The van der Waals surface area contributed by atoms with Crippen LogP contribution in [0.5, 0.6) is 0 Å². The molecule has 0 saturated carbocycles. The fraction of sp³-hybridized carbons (Fsp3) is 0.556. The van der Waals surface area contributed by atoms with E-state index in [4.69, 9.17) is 10.5 Å². The highest BCUT2D eigenvalue weighted by molar-refractivity contribution is 5.27. The zero-order valence-corrected chi connectivity index (χ0v) is 7.87. The molecule has 0 aromatic carbocycles. The van der Waals surface area contributed by atoms with E-state index in [9.17, 15) is 0 Å². The summed E-state index contributed by atoms with van der Waals surface area (Å²) in [7, 11) is 0. The summed E-state index contributed by atoms with van der Waals surface area (Å²) in [4.78, 5) is 8.12. The summed E-state index contributed by atoms with van der Waals surface area (Å²) in [5, 5.41) is 0. The molecule has 1 aliphatic rings. The first-order chi connectivity index (χ1) is 6.07. The second-order valence-electron chi connectivity index (χ2n) is 3.93. The van der Waals surface area contributed by atoms with Crippen LogP contribution in [0.2, 0.25) is 0 Å². The highest BCUT2D eigenvalue weighted by Gasteiger charge is 2.27. The number of hydrogen-bond donors (Lipinski definition) is 1. The lowest BCUT2D eigenvalue weighted by molar-refractivity contribution is -0.0414. The van der Waals surface area contributed by atoms with Gasteiger partial charge in [0.25, 0.3) is 0 Å². The van der Waals surface area contributed by atoms with Crippen molar-refractivity contribution in [1.82, 2.24) is 9.97 Å². The number of nitrogens with zero attached hydrogens (tertiary/aromatic N) is 2. The van der Waals surface area contributed by atoms with Crippen LogP contribution in [0.25, 0.3) is 0 Å². The third-order valence-corrected chi connectivity index (χ3v) is 2.18. The summed E-state index contributed by atoms with van der Waals surface area (Å²) < 4.78 is 5.61. The summed E-state index contributed by atoms with van der Waals surface area (Å²) in [5.41, 5.74) is 7.44. The average Bonchev–Trinajstić information content (AvgIpc) is 2.01. The standard InChI is InChI=1S/C9H13N3O/c1-9(2)3-7-6(5-13-9)4-11-8(10)12-7/h4H,3,5H2,1-2H3,(H2,10,11,12). The Morgan fingerprint density at radius 3 is 3.08 bits per heavy atom. The Morgan fingerprint density at radius 2 is 2.31 bits per heavy atom. The van der Waals surface area contributed by atoms with Crippen LogP contribution in [0.3, 0.4) is 0 Å². The van der Waals surface area contributed by atoms with Gasteiger partial charge in [0.05, 0.1) is 17.9 Å². The van der Waals surface area contributed by atoms with Crippen molar-refractivity contribution in [3.63, 3.8) is 0 Å². The van der Waals surface area contributed by atoms with Crippen molar-refractivity contribution in [2.75, 3.05) is 5.73 Å². The molecule has 0 bridgehead atoms. The second-order valence-corrected chi connectivity index (χ2v) is 3.93. The van der Waals surface area contributed by atoms with E-state index < -0.39 is 0 Å². The van der Waals surface area contributed by atoms with E-state index >= 15 is 0 Å². The molecule has 0 radical (unpaired) electrons. The Morgan fingerprint density at radius 1 is 1.54 bits per heavy atom. The molecule has 13 heavy (non-hydrogen) atoms. The Balaban J connectivity index is 2.38. The molecule has 4 heteroatoms. The molecule has 2 N–H and O–H groups in total. The monoisotopic (exact) mass is 179 g/mol. The number of aromatic nitrogens is 2. The van der Waals surface area contributed by atoms with Crippen LogP contribution in [0.4, 0.5) is 5.95 Å². The predicted octanol–water partition coefficient (Wildman–Crippen LogP) is 0.910. The molecule has 0 amide bonds. The van der Waals surface area contributed by atoms with Gasteiger partial charge in [-0.3, -0.25) is 0 Å². The van der Waals surface area contributed by atoms with Crippen molar-refractivity contribution in [3.8, 4) is 0 Å². The summed E-state index contributed by atoms with van der Waals surface area (Å²) >= 11 is 0. The lowest BCUT2D eigenvalue weighted by Crippen LogP contribution is -2.32. The van der Waals surface area contributed by atoms with Gasteiger partial charge in [0.2, 0.25) is 5.95 Å². The van der Waals surface area contributed by atoms with Crippen LogP contribution in [0.15, 0.2) is 6.20 Å². The maximum Gasteiger partial charge on any atom is 0.220 e. The third kappa shape index (κ3) is 1.62. The normalized spacial score (nSPS) is 19.5. The number of nitrogen functional groups attached to an aromatic ring is 1. The molecule has 2 heterocycles. The second kappa shape index (κ2) is 2.67. The van der Waals surface area contributed by atoms with Gasteiger partial charge in [-0.1, -0.05) is 0 Å². The molecular weight excluding hydrogens is 166 g/mol. The molecule has 0 spiro atoms. The summed E-state index contributed by atoms with van der Waals surface area (Å²) in [5.74, 6) is 0.344. The Hall–Kier alpha value is -1.16. The number of rotatable bonds is 0. The number of nitrogens with two attached hydrogens (primary N) is 1. The van der Waals surface area contributed by atoms with Crippen molar-refractivity contribution < 1.29 is 4.74 Å². The molecule has 1 aromatic rings. The van der Waals surface area contributed by atoms with Gasteiger partial charge in [0.1, 0.15) is 0 Å². The van der Waals surface area contributed by atoms with Crippen molar-refractivity contribution in [1.29, 1.82) is 0 Å². The van der Waals surface area contributed by atoms with E-state index in [2.05, 4.69) is 9.97 Å². The zero-order valence-electron chi connectivity index (χ0n) is 7.87. The van der Waals surface area contributed by atoms with Gasteiger partial charge < -0.3 is 10.5 Å². The molecule has 0 aliphatic carbocycles. The van der Waals surface area contributed by atoms with Gasteiger partial charge in [-0.25, -0.2) is 9.97 Å². The van der Waals surface area contributed by atoms with Crippen LogP contribution >= 0.6 is 0 Å². The maximum absolute atomic E-state index is 5.61. The van der Waals surface area contributed by atoms with Crippen molar-refractivity contribution >= 4 is 5.95 Å². The van der Waals surface area contributed by atoms with E-state index in [1.165, 1.54) is 0 Å². The van der Waals surface area contributed by atoms with Crippen molar-refractivity contribution in [2.45, 2.75) is 32.5 Å². The summed E-state index contributed by atoms with van der Waals surface area (Å²) in [6.07, 6.45) is 2.54. The van der Waals surface area contributed by atoms with Gasteiger partial charge in [0, 0.05) is 18.2 Å². The van der Waals surface area contributed by atoms with E-state index in [0.717, 1.165) is 17.7 Å². The molecule has 2 rings (SSSR count). The lowest BCUT2D eigenvalue weighted by Gasteiger charge is -2.30. The molecule has 0 atom stereocenters. The van der Waals surface area contributed by atoms with Gasteiger partial charge >= 0.3 is 0 Å². The number of ether oxygens (including phenoxy) is 1. The smallest absolute Gasteiger partial charge is 0.220 e. The molecule has 70 valence electrons. The van der Waals surface area contributed by atoms with Crippen LogP contribution in [-0.2, 0) is 17.8 Å². The maximum atomic E-state index is 5.61. The number of fused-ring (bicyclic) bond motifs is 1. The Bertz CT molecular complexity index is 336. The quantitative estimate of drug-likeness (QED) is 0.643. The van der Waals surface area contributed by atoms with Crippen LogP contribution in [-0.4, -0.2) is 15.6 Å². The first kappa shape index (κ1) is 8.44. The molecule has 0 fully saturated rings. The Labute approximate surface area is 77.1 Å². The van der Waals surface area contributed by atoms with E-state index in [-0.39, 0.29) is 5.60 Å². The first-order valence-corrected chi connectivity index (χ1v) is 4.31. The fourth-order valence-electron chi connectivity index (χ4n) is 1.46. The third-order valence-electron chi connectivity index (χ3n) is 2.18. The minimum absolute atomic E-state index is 0.131. The van der Waals surface area contributed by atoms with Crippen LogP contribution in [0.1, 0.15) is 25.1 Å². The van der Waals surface area contributed by atoms with Gasteiger partial charge in [-0.05, 0) is 13.8 Å². The molecule has 4 nitrogen and oxygen atoms in total. The number of hydrogen-bond acceptors (Lipinski definition) is 4. The SMILES string of the molecule is CC1(C)Cc2nc(N)ncc2CO1. The molecule has 0 unspecified atom stereocenters. The average molecular weight is 179 g/mol. The van der Waals surface area contributed by atoms with E-state index in [1.54, 1.807) is 6.20 Å². The van der Waals surface area contributed by atoms with Gasteiger partial charge in [0.15, 0.2) is 0 Å². The number of anilines is 1. The summed E-state index contributed by atoms with van der Waals surface area (Å²) in [6.45, 7) is 4.69. The minimum atomic E-state index is -0.131. The Kier molecular flexibility index (Phi) is 1.73. The molecule has 0 saturated heterocycles. The van der Waals surface area contributed by atoms with E-state index in [1.807, 2.05) is 13.8 Å². The van der Waals surface area contributed by atoms with E-state index in [0.29, 0.717) is 12.6 Å². The van der Waals surface area contributed by atoms with Crippen LogP contribution < -0.4 is 5.73 Å². The molecular formula is C9H13N3O. The van der Waals surface area contributed by atoms with Gasteiger partial charge in [-0.2, -0.15) is 0 Å². The largest absolute Gasteiger partial charge is 0.370 e. The molecule has 1 aliphatic heterocycles. The fourth-order valence-corrected chi connectivity index (χ4v) is 1.46. The lowest BCUT2D eigenvalue weighted by atomic mass is 9.97. The topological polar surface area (TPSA) is 61.0 Å².